The molecule has 0 aromatic heterocycles. The van der Waals surface area contributed by atoms with Gasteiger partial charge >= 0.3 is 0 Å². The molecule has 2 atom stereocenters. The van der Waals surface area contributed by atoms with E-state index in [4.69, 9.17) is 0 Å². The molecule has 0 heterocycles. The molecule has 2 unspecified atom stereocenters. The van der Waals surface area contributed by atoms with Crippen molar-refractivity contribution in [3.8, 4) is 0 Å². The number of alkyl halides is 1. The fourth-order valence-electron chi connectivity index (χ4n) is 2.78. The summed E-state index contributed by atoms with van der Waals surface area (Å²) < 4.78 is 15.2. The Hall–Kier alpha value is -2.09. The van der Waals surface area contributed by atoms with E-state index >= 15 is 4.39 Å². The molecule has 0 aliphatic heterocycles. The summed E-state index contributed by atoms with van der Waals surface area (Å²) in [6.07, 6.45) is 2.91. The highest BCUT2D eigenvalue weighted by atomic mass is 19.1. The number of nitrogens with one attached hydrogen (secondary N) is 1. The van der Waals surface area contributed by atoms with Crippen LogP contribution in [-0.2, 0) is 12.1 Å². The van der Waals surface area contributed by atoms with E-state index in [2.05, 4.69) is 31.0 Å². The molecule has 2 heteroatoms. The van der Waals surface area contributed by atoms with Crippen molar-refractivity contribution in [1.29, 1.82) is 0 Å². The first-order valence-electron chi connectivity index (χ1n) is 8.28. The number of rotatable bonds is 8. The second-order valence-electron chi connectivity index (χ2n) is 6.17. The van der Waals surface area contributed by atoms with E-state index in [9.17, 15) is 0 Å². The molecular formula is C21H26FN. The zero-order valence-electron chi connectivity index (χ0n) is 14.1. The molecule has 23 heavy (non-hydrogen) atoms. The van der Waals surface area contributed by atoms with Gasteiger partial charge < -0.3 is 5.32 Å². The Bertz CT molecular complexity index is 604. The molecule has 0 bridgehead atoms. The minimum Gasteiger partial charge on any atom is -0.383 e. The van der Waals surface area contributed by atoms with Crippen molar-refractivity contribution in [2.24, 2.45) is 0 Å². The second kappa shape index (κ2) is 7.96. The van der Waals surface area contributed by atoms with E-state index in [-0.39, 0.29) is 6.04 Å². The number of benzene rings is 2. The van der Waals surface area contributed by atoms with Gasteiger partial charge in [-0.05, 0) is 30.9 Å². The van der Waals surface area contributed by atoms with E-state index < -0.39 is 5.67 Å². The zero-order chi connectivity index (χ0) is 16.7. The van der Waals surface area contributed by atoms with Gasteiger partial charge in [0.1, 0.15) is 0 Å². The Kier molecular flexibility index (Phi) is 5.97. The standard InChI is InChI=1S/C21H26FN/c1-4-11-20(16-18-12-7-5-8-13-18)23-17(2)21(3,22)19-14-9-6-10-15-19/h5-10,12-15,20,23H,2,4,11,16H2,1,3H3. The van der Waals surface area contributed by atoms with Gasteiger partial charge in [-0.1, -0.05) is 80.6 Å². The number of halogens is 1. The SMILES string of the molecule is C=C(NC(CCC)Cc1ccccc1)C(C)(F)c1ccccc1. The van der Waals surface area contributed by atoms with Crippen molar-refractivity contribution >= 4 is 0 Å². The fraction of sp³-hybridized carbons (Fsp3) is 0.333. The lowest BCUT2D eigenvalue weighted by atomic mass is 9.93. The minimum atomic E-state index is -1.58. The third kappa shape index (κ3) is 4.69. The monoisotopic (exact) mass is 311 g/mol. The van der Waals surface area contributed by atoms with Gasteiger partial charge in [0.2, 0.25) is 0 Å². The van der Waals surface area contributed by atoms with Crippen LogP contribution in [0.15, 0.2) is 72.9 Å². The van der Waals surface area contributed by atoms with Crippen molar-refractivity contribution in [1.82, 2.24) is 5.32 Å². The average Bonchev–Trinajstić information content (AvgIpc) is 2.56. The van der Waals surface area contributed by atoms with Crippen LogP contribution in [0.3, 0.4) is 0 Å². The van der Waals surface area contributed by atoms with Crippen LogP contribution in [0.1, 0.15) is 37.8 Å². The molecule has 0 saturated carbocycles. The van der Waals surface area contributed by atoms with Gasteiger partial charge in [-0.3, -0.25) is 0 Å². The first kappa shape index (κ1) is 17.3. The Balaban J connectivity index is 2.08. The summed E-state index contributed by atoms with van der Waals surface area (Å²) in [5, 5.41) is 3.34. The lowest BCUT2D eigenvalue weighted by molar-refractivity contribution is 0.224. The third-order valence-electron chi connectivity index (χ3n) is 4.22. The van der Waals surface area contributed by atoms with Crippen LogP contribution in [0, 0.1) is 0 Å². The summed E-state index contributed by atoms with van der Waals surface area (Å²) in [5.74, 6) is 0. The fourth-order valence-corrected chi connectivity index (χ4v) is 2.78. The van der Waals surface area contributed by atoms with Crippen molar-refractivity contribution in [3.63, 3.8) is 0 Å². The topological polar surface area (TPSA) is 12.0 Å². The number of hydrogen-bond donors (Lipinski definition) is 1. The molecule has 2 rings (SSSR count). The molecule has 0 radical (unpaired) electrons. The molecule has 0 aliphatic rings. The number of allylic oxidation sites excluding steroid dienone is 1. The van der Waals surface area contributed by atoms with Crippen LogP contribution < -0.4 is 5.32 Å². The molecular weight excluding hydrogens is 285 g/mol. The first-order chi connectivity index (χ1) is 11.0. The van der Waals surface area contributed by atoms with Gasteiger partial charge in [0.05, 0.1) is 0 Å². The Morgan fingerprint density at radius 1 is 1.09 bits per heavy atom. The Morgan fingerprint density at radius 3 is 2.22 bits per heavy atom. The van der Waals surface area contributed by atoms with E-state index in [1.54, 1.807) is 19.1 Å². The molecule has 122 valence electrons. The van der Waals surface area contributed by atoms with Crippen molar-refractivity contribution in [3.05, 3.63) is 84.1 Å². The molecule has 0 amide bonds. The van der Waals surface area contributed by atoms with Crippen molar-refractivity contribution in [2.45, 2.75) is 44.8 Å². The van der Waals surface area contributed by atoms with Crippen LogP contribution in [0.5, 0.6) is 0 Å². The summed E-state index contributed by atoms with van der Waals surface area (Å²) in [4.78, 5) is 0. The van der Waals surface area contributed by atoms with E-state index in [1.165, 1.54) is 5.56 Å². The Labute approximate surface area is 139 Å². The molecule has 2 aromatic rings. The largest absolute Gasteiger partial charge is 0.383 e. The predicted octanol–water partition coefficient (Wildman–Crippen LogP) is 5.39. The van der Waals surface area contributed by atoms with E-state index in [0.29, 0.717) is 11.3 Å². The molecule has 0 saturated heterocycles. The maximum Gasteiger partial charge on any atom is 0.171 e. The third-order valence-corrected chi connectivity index (χ3v) is 4.22. The molecule has 0 aliphatic carbocycles. The lowest BCUT2D eigenvalue weighted by Gasteiger charge is -2.29. The van der Waals surface area contributed by atoms with Crippen LogP contribution >= 0.6 is 0 Å². The maximum atomic E-state index is 15.2. The normalized spacial score (nSPS) is 14.7. The Morgan fingerprint density at radius 2 is 1.65 bits per heavy atom. The van der Waals surface area contributed by atoms with Gasteiger partial charge in [0.25, 0.3) is 0 Å². The quantitative estimate of drug-likeness (QED) is 0.689. The van der Waals surface area contributed by atoms with Crippen LogP contribution in [0.2, 0.25) is 0 Å². The van der Waals surface area contributed by atoms with Crippen LogP contribution in [0.4, 0.5) is 4.39 Å². The molecule has 0 fully saturated rings. The van der Waals surface area contributed by atoms with Gasteiger partial charge in [0.15, 0.2) is 5.67 Å². The van der Waals surface area contributed by atoms with Gasteiger partial charge in [-0.25, -0.2) is 4.39 Å². The summed E-state index contributed by atoms with van der Waals surface area (Å²) in [6, 6.07) is 19.7. The summed E-state index contributed by atoms with van der Waals surface area (Å²) >= 11 is 0. The zero-order valence-corrected chi connectivity index (χ0v) is 14.1. The smallest absolute Gasteiger partial charge is 0.171 e. The van der Waals surface area contributed by atoms with Gasteiger partial charge in [0, 0.05) is 11.7 Å². The van der Waals surface area contributed by atoms with Gasteiger partial charge in [-0.15, -0.1) is 0 Å². The van der Waals surface area contributed by atoms with Crippen LogP contribution in [-0.4, -0.2) is 6.04 Å². The first-order valence-corrected chi connectivity index (χ1v) is 8.28. The molecule has 2 aromatic carbocycles. The summed E-state index contributed by atoms with van der Waals surface area (Å²) in [5.41, 5.74) is 0.737. The molecule has 1 nitrogen and oxygen atoms in total. The van der Waals surface area contributed by atoms with Gasteiger partial charge in [-0.2, -0.15) is 0 Å². The summed E-state index contributed by atoms with van der Waals surface area (Å²) in [7, 11) is 0. The van der Waals surface area contributed by atoms with E-state index in [1.807, 2.05) is 36.4 Å². The van der Waals surface area contributed by atoms with E-state index in [0.717, 1.165) is 19.3 Å². The number of hydrogen-bond acceptors (Lipinski definition) is 1. The predicted molar refractivity (Wildman–Crippen MR) is 96.0 cm³/mol. The maximum absolute atomic E-state index is 15.2. The highest BCUT2D eigenvalue weighted by molar-refractivity contribution is 5.30. The highest BCUT2D eigenvalue weighted by Crippen LogP contribution is 2.31. The second-order valence-corrected chi connectivity index (χ2v) is 6.17. The van der Waals surface area contributed by atoms with Crippen molar-refractivity contribution < 1.29 is 4.39 Å². The van der Waals surface area contributed by atoms with Crippen LogP contribution in [0.25, 0.3) is 0 Å². The highest BCUT2D eigenvalue weighted by Gasteiger charge is 2.30. The van der Waals surface area contributed by atoms with Crippen molar-refractivity contribution in [2.75, 3.05) is 0 Å². The summed E-state index contributed by atoms with van der Waals surface area (Å²) in [6.45, 7) is 7.70. The minimum absolute atomic E-state index is 0.189. The molecule has 1 N–H and O–H groups in total. The molecule has 0 spiro atoms. The average molecular weight is 311 g/mol. The lowest BCUT2D eigenvalue weighted by Crippen LogP contribution is -2.37.